The predicted octanol–water partition coefficient (Wildman–Crippen LogP) is 6.71. The Morgan fingerprint density at radius 1 is 1.03 bits per heavy atom. The molecule has 1 N–H and O–H groups in total. The van der Waals surface area contributed by atoms with Gasteiger partial charge >= 0.3 is 11.9 Å². The molecule has 4 heteroatoms. The van der Waals surface area contributed by atoms with Gasteiger partial charge in [0.15, 0.2) is 0 Å². The minimum absolute atomic E-state index is 0.0378. The zero-order chi connectivity index (χ0) is 22.3. The summed E-state index contributed by atoms with van der Waals surface area (Å²) in [5.74, 6) is 0.164. The van der Waals surface area contributed by atoms with Gasteiger partial charge in [-0.3, -0.25) is 9.59 Å². The molecule has 30 heavy (non-hydrogen) atoms. The fourth-order valence-electron chi connectivity index (χ4n) is 5.65. The maximum absolute atomic E-state index is 13.2. The van der Waals surface area contributed by atoms with E-state index in [4.69, 9.17) is 4.74 Å². The van der Waals surface area contributed by atoms with Gasteiger partial charge in [-0.1, -0.05) is 73.1 Å². The maximum atomic E-state index is 13.2. The quantitative estimate of drug-likeness (QED) is 0.397. The minimum Gasteiger partial charge on any atom is -0.481 e. The van der Waals surface area contributed by atoms with E-state index in [0.29, 0.717) is 24.2 Å². The zero-order valence-corrected chi connectivity index (χ0v) is 20.1. The summed E-state index contributed by atoms with van der Waals surface area (Å²) in [7, 11) is 0. The van der Waals surface area contributed by atoms with E-state index in [-0.39, 0.29) is 18.0 Å². The normalized spacial score (nSPS) is 31.9. The Hall–Kier alpha value is -1.06. The van der Waals surface area contributed by atoms with Crippen LogP contribution < -0.4 is 0 Å². The third-order valence-electron chi connectivity index (χ3n) is 8.20. The lowest BCUT2D eigenvalue weighted by atomic mass is 9.72. The second kappa shape index (κ2) is 12.1. The van der Waals surface area contributed by atoms with E-state index in [9.17, 15) is 14.7 Å². The monoisotopic (exact) mass is 422 g/mol. The highest BCUT2D eigenvalue weighted by atomic mass is 16.5. The molecule has 5 unspecified atom stereocenters. The molecule has 0 heterocycles. The van der Waals surface area contributed by atoms with Crippen molar-refractivity contribution in [2.75, 3.05) is 0 Å². The predicted molar refractivity (Wildman–Crippen MR) is 121 cm³/mol. The summed E-state index contributed by atoms with van der Waals surface area (Å²) < 4.78 is 6.19. The van der Waals surface area contributed by atoms with Crippen LogP contribution in [0.4, 0.5) is 0 Å². The number of carbonyl (C=O) groups is 2. The van der Waals surface area contributed by atoms with Gasteiger partial charge in [-0.25, -0.2) is 0 Å². The first kappa shape index (κ1) is 25.2. The van der Waals surface area contributed by atoms with Crippen LogP contribution in [0.25, 0.3) is 0 Å². The van der Waals surface area contributed by atoms with Crippen LogP contribution in [0.15, 0.2) is 0 Å². The first-order chi connectivity index (χ1) is 14.2. The molecule has 0 aliphatic heterocycles. The van der Waals surface area contributed by atoms with Gasteiger partial charge in [0.25, 0.3) is 0 Å². The van der Waals surface area contributed by atoms with Gasteiger partial charge in [0.05, 0.1) is 11.8 Å². The molecule has 0 saturated heterocycles. The summed E-state index contributed by atoms with van der Waals surface area (Å²) in [5.41, 5.74) is 0. The molecule has 0 aromatic carbocycles. The van der Waals surface area contributed by atoms with E-state index in [0.717, 1.165) is 38.0 Å². The number of unbranched alkanes of at least 4 members (excludes halogenated alkanes) is 1. The van der Waals surface area contributed by atoms with Crippen LogP contribution >= 0.6 is 0 Å². The van der Waals surface area contributed by atoms with Gasteiger partial charge in [-0.15, -0.1) is 0 Å². The Labute approximate surface area is 184 Å². The highest BCUT2D eigenvalue weighted by Gasteiger charge is 2.42. The lowest BCUT2D eigenvalue weighted by Crippen LogP contribution is -2.41. The van der Waals surface area contributed by atoms with E-state index < -0.39 is 17.8 Å². The highest BCUT2D eigenvalue weighted by Crippen LogP contribution is 2.39. The van der Waals surface area contributed by atoms with Crippen molar-refractivity contribution in [3.8, 4) is 0 Å². The number of carboxylic acid groups (broad SMARTS) is 1. The van der Waals surface area contributed by atoms with E-state index in [1.54, 1.807) is 0 Å². The average Bonchev–Trinajstić information content (AvgIpc) is 2.71. The third kappa shape index (κ3) is 6.99. The molecule has 2 fully saturated rings. The fraction of sp³-hybridized carbons (Fsp3) is 0.923. The number of carbonyl (C=O) groups excluding carboxylic acids is 1. The summed E-state index contributed by atoms with van der Waals surface area (Å²) in [6.07, 6.45) is 12.0. The largest absolute Gasteiger partial charge is 0.481 e. The van der Waals surface area contributed by atoms with Crippen LogP contribution in [-0.2, 0) is 14.3 Å². The molecule has 0 spiro atoms. The minimum atomic E-state index is -0.840. The summed E-state index contributed by atoms with van der Waals surface area (Å²) in [5, 5.41) is 9.72. The van der Waals surface area contributed by atoms with Gasteiger partial charge in [-0.2, -0.15) is 0 Å². The van der Waals surface area contributed by atoms with E-state index in [1.807, 2.05) is 6.92 Å². The lowest BCUT2D eigenvalue weighted by Gasteiger charge is -2.37. The van der Waals surface area contributed by atoms with Crippen LogP contribution in [0.1, 0.15) is 105 Å². The number of carboxylic acids is 1. The fourth-order valence-corrected chi connectivity index (χ4v) is 5.65. The van der Waals surface area contributed by atoms with Crippen molar-refractivity contribution < 1.29 is 19.4 Å². The number of aliphatic carboxylic acids is 1. The van der Waals surface area contributed by atoms with Crippen molar-refractivity contribution in [3.63, 3.8) is 0 Å². The zero-order valence-electron chi connectivity index (χ0n) is 20.1. The van der Waals surface area contributed by atoms with Gasteiger partial charge in [-0.05, 0) is 61.7 Å². The Bertz CT molecular complexity index is 535. The van der Waals surface area contributed by atoms with E-state index in [2.05, 4.69) is 27.7 Å². The molecular weight excluding hydrogens is 376 g/mol. The van der Waals surface area contributed by atoms with E-state index in [1.165, 1.54) is 32.1 Å². The molecule has 2 saturated carbocycles. The van der Waals surface area contributed by atoms with Crippen LogP contribution in [0.2, 0.25) is 0 Å². The second-order valence-corrected chi connectivity index (χ2v) is 10.7. The maximum Gasteiger partial charge on any atom is 0.310 e. The first-order valence-electron chi connectivity index (χ1n) is 12.7. The average molecular weight is 423 g/mol. The number of esters is 1. The van der Waals surface area contributed by atoms with Crippen LogP contribution in [0.3, 0.4) is 0 Å². The molecule has 2 rings (SSSR count). The molecule has 174 valence electrons. The number of hydrogen-bond acceptors (Lipinski definition) is 3. The number of ether oxygens (including phenoxy) is 1. The van der Waals surface area contributed by atoms with E-state index >= 15 is 0 Å². The van der Waals surface area contributed by atoms with Crippen LogP contribution in [-0.4, -0.2) is 23.1 Å². The van der Waals surface area contributed by atoms with Gasteiger partial charge in [0, 0.05) is 0 Å². The smallest absolute Gasteiger partial charge is 0.310 e. The van der Waals surface area contributed by atoms with Crippen molar-refractivity contribution in [1.82, 2.24) is 0 Å². The van der Waals surface area contributed by atoms with Crippen molar-refractivity contribution in [2.45, 2.75) is 111 Å². The molecule has 2 aliphatic rings. The number of hydrogen-bond donors (Lipinski definition) is 1. The van der Waals surface area contributed by atoms with Crippen molar-refractivity contribution in [1.29, 1.82) is 0 Å². The van der Waals surface area contributed by atoms with Crippen molar-refractivity contribution >= 4 is 11.9 Å². The Morgan fingerprint density at radius 2 is 1.70 bits per heavy atom. The van der Waals surface area contributed by atoms with Gasteiger partial charge in [0.2, 0.25) is 0 Å². The van der Waals surface area contributed by atoms with Crippen molar-refractivity contribution in [2.24, 2.45) is 41.4 Å². The molecule has 0 aromatic rings. The molecule has 5 atom stereocenters. The van der Waals surface area contributed by atoms with Gasteiger partial charge < -0.3 is 9.84 Å². The Kier molecular flexibility index (Phi) is 10.2. The molecule has 4 nitrogen and oxygen atoms in total. The standard InChI is InChI=1S/C26H46O4/c1-6-7-10-20-12-14-21(15-13-20)23(16-19(5)17(2)3)30-26(29)22-11-8-9-18(4)24(22)25(27)28/h17-24H,6-16H2,1-5H3,(H,27,28). The molecular formula is C26H46O4. The Balaban J connectivity index is 2.05. The first-order valence-corrected chi connectivity index (χ1v) is 12.7. The second-order valence-electron chi connectivity index (χ2n) is 10.7. The van der Waals surface area contributed by atoms with Crippen LogP contribution in [0.5, 0.6) is 0 Å². The molecule has 2 aliphatic carbocycles. The summed E-state index contributed by atoms with van der Waals surface area (Å²) in [6.45, 7) is 10.9. The van der Waals surface area contributed by atoms with Crippen molar-refractivity contribution in [3.05, 3.63) is 0 Å². The number of rotatable bonds is 10. The third-order valence-corrected chi connectivity index (χ3v) is 8.20. The van der Waals surface area contributed by atoms with Crippen LogP contribution in [0, 0.1) is 41.4 Å². The molecule has 0 amide bonds. The summed E-state index contributed by atoms with van der Waals surface area (Å²) in [4.78, 5) is 25.0. The Morgan fingerprint density at radius 3 is 2.27 bits per heavy atom. The highest BCUT2D eigenvalue weighted by molar-refractivity contribution is 5.81. The topological polar surface area (TPSA) is 63.6 Å². The summed E-state index contributed by atoms with van der Waals surface area (Å²) >= 11 is 0. The lowest BCUT2D eigenvalue weighted by molar-refractivity contribution is -0.169. The molecule has 0 aromatic heterocycles. The van der Waals surface area contributed by atoms with Gasteiger partial charge in [0.1, 0.15) is 6.10 Å². The SMILES string of the molecule is CCCCC1CCC(C(CC(C)C(C)C)OC(=O)C2CCCC(C)C2C(=O)O)CC1. The summed E-state index contributed by atoms with van der Waals surface area (Å²) in [6, 6.07) is 0. The molecule has 0 radical (unpaired) electrons. The molecule has 0 bridgehead atoms.